The van der Waals surface area contributed by atoms with Gasteiger partial charge in [-0.05, 0) is 131 Å². The minimum atomic E-state index is -1.01. The Morgan fingerprint density at radius 1 is 1.00 bits per heavy atom. The molecule has 14 atom stereocenters. The van der Waals surface area contributed by atoms with Gasteiger partial charge in [-0.15, -0.1) is 0 Å². The summed E-state index contributed by atoms with van der Waals surface area (Å²) >= 11 is 0. The van der Waals surface area contributed by atoms with Crippen LogP contribution in [0, 0.1) is 50.7 Å². The third-order valence-corrected chi connectivity index (χ3v) is 16.3. The van der Waals surface area contributed by atoms with Gasteiger partial charge < -0.3 is 29.2 Å². The summed E-state index contributed by atoms with van der Waals surface area (Å²) in [5.74, 6) is 1.87. The molecule has 0 radical (unpaired) electrons. The normalized spacial score (nSPS) is 52.2. The predicted octanol–water partition coefficient (Wildman–Crippen LogP) is 6.43. The second-order valence-electron chi connectivity index (χ2n) is 19.1. The fourth-order valence-corrected chi connectivity index (χ4v) is 14.1. The zero-order valence-electron chi connectivity index (χ0n) is 30.8. The molecule has 0 unspecified atom stereocenters. The van der Waals surface area contributed by atoms with E-state index in [-0.39, 0.29) is 40.8 Å². The van der Waals surface area contributed by atoms with E-state index in [4.69, 9.17) is 18.9 Å². The van der Waals surface area contributed by atoms with Gasteiger partial charge in [-0.3, -0.25) is 4.90 Å². The highest BCUT2D eigenvalue weighted by atomic mass is 16.7. The molecule has 0 aromatic carbocycles. The van der Waals surface area contributed by atoms with Crippen LogP contribution in [0.15, 0.2) is 0 Å². The van der Waals surface area contributed by atoms with Gasteiger partial charge in [-0.25, -0.2) is 0 Å². The number of ether oxygens (including phenoxy) is 4. The molecule has 0 bridgehead atoms. The summed E-state index contributed by atoms with van der Waals surface area (Å²) in [6.45, 7) is 25.7. The van der Waals surface area contributed by atoms with Gasteiger partial charge >= 0.3 is 0 Å². The van der Waals surface area contributed by atoms with Gasteiger partial charge in [-0.1, -0.05) is 34.6 Å². The Bertz CT molecular complexity index is 1150. The first-order valence-electron chi connectivity index (χ1n) is 19.2. The Labute approximate surface area is 279 Å². The topological polar surface area (TPSA) is 80.6 Å². The fourth-order valence-electron chi connectivity index (χ4n) is 14.1. The van der Waals surface area contributed by atoms with Crippen LogP contribution in [0.5, 0.6) is 0 Å². The molecular weight excluding hydrogens is 578 g/mol. The predicted molar refractivity (Wildman–Crippen MR) is 179 cm³/mol. The van der Waals surface area contributed by atoms with Crippen molar-refractivity contribution in [1.82, 2.24) is 4.90 Å². The molecule has 2 aliphatic heterocycles. The highest BCUT2D eigenvalue weighted by molar-refractivity contribution is 5.33. The van der Waals surface area contributed by atoms with Crippen molar-refractivity contribution in [2.45, 2.75) is 169 Å². The maximum Gasteiger partial charge on any atom is 0.170 e. The molecule has 7 fully saturated rings. The number of fused-ring (bicyclic) bond motifs is 4. The quantitative estimate of drug-likeness (QED) is 0.331. The monoisotopic (exact) mass is 645 g/mol. The van der Waals surface area contributed by atoms with Crippen LogP contribution in [0.4, 0.5) is 0 Å². The second kappa shape index (κ2) is 11.1. The van der Waals surface area contributed by atoms with Gasteiger partial charge in [0.15, 0.2) is 6.29 Å². The average Bonchev–Trinajstić information content (AvgIpc) is 3.61. The molecule has 2 N–H and O–H groups in total. The number of morpholine rings is 1. The van der Waals surface area contributed by atoms with E-state index in [0.717, 1.165) is 32.5 Å². The fraction of sp³-hybridized carbons (Fsp3) is 1.00. The Kier molecular flexibility index (Phi) is 8.25. The number of hydrogen-bond acceptors (Lipinski definition) is 7. The van der Waals surface area contributed by atoms with E-state index in [2.05, 4.69) is 53.4 Å². The van der Waals surface area contributed by atoms with E-state index in [1.807, 2.05) is 20.8 Å². The van der Waals surface area contributed by atoms with Crippen molar-refractivity contribution in [2.75, 3.05) is 26.3 Å². The maximum absolute atomic E-state index is 12.6. The van der Waals surface area contributed by atoms with Crippen LogP contribution in [0.3, 0.4) is 0 Å². The lowest BCUT2D eigenvalue weighted by Gasteiger charge is -2.64. The third kappa shape index (κ3) is 4.53. The Morgan fingerprint density at radius 3 is 2.37 bits per heavy atom. The highest BCUT2D eigenvalue weighted by Gasteiger charge is 2.84. The molecule has 7 heteroatoms. The Balaban J connectivity index is 1.13. The van der Waals surface area contributed by atoms with E-state index in [1.54, 1.807) is 0 Å². The van der Waals surface area contributed by atoms with Gasteiger partial charge in [0.05, 0.1) is 36.6 Å². The molecule has 5 aliphatic carbocycles. The second-order valence-corrected chi connectivity index (χ2v) is 19.1. The lowest BCUT2D eigenvalue weighted by atomic mass is 9.41. The summed E-state index contributed by atoms with van der Waals surface area (Å²) in [7, 11) is 0. The maximum atomic E-state index is 12.6. The lowest BCUT2D eigenvalue weighted by molar-refractivity contribution is -0.250. The third-order valence-electron chi connectivity index (χ3n) is 16.3. The molecule has 0 aromatic heterocycles. The standard InChI is InChI=1S/C39H67NO6/c1-11-43-33(35(7,8)42)25-20-24(4)30-31(45-25)32(41)37(10)27-13-12-26-34(5,6)28(46-29-21-40(23(2)3)18-19-44-29)14-15-38(26)22-39(27,38)17-16-36(30,37)9/h23-33,41-42H,11-22H2,1-10H3/t24-,25-,26+,27+,28+,29+,30+,31+,32+,33+,36-,37-,38-,39+/m1/s1. The van der Waals surface area contributed by atoms with Crippen LogP contribution in [0.1, 0.15) is 121 Å². The average molecular weight is 646 g/mol. The molecule has 2 heterocycles. The number of hydrogen-bond donors (Lipinski definition) is 2. The summed E-state index contributed by atoms with van der Waals surface area (Å²) < 4.78 is 26.2. The zero-order chi connectivity index (χ0) is 33.2. The molecule has 0 aromatic rings. The van der Waals surface area contributed by atoms with Crippen molar-refractivity contribution in [1.29, 1.82) is 0 Å². The van der Waals surface area contributed by atoms with E-state index in [0.29, 0.717) is 47.2 Å². The summed E-state index contributed by atoms with van der Waals surface area (Å²) in [5, 5.41) is 23.6. The molecule has 2 spiro atoms. The van der Waals surface area contributed by atoms with E-state index >= 15 is 0 Å². The summed E-state index contributed by atoms with van der Waals surface area (Å²) in [6.07, 6.45) is 8.17. The molecule has 2 saturated heterocycles. The van der Waals surface area contributed by atoms with Crippen molar-refractivity contribution in [3.63, 3.8) is 0 Å². The Hall–Kier alpha value is -0.280. The van der Waals surface area contributed by atoms with E-state index < -0.39 is 17.8 Å². The number of nitrogens with zero attached hydrogens (tertiary/aromatic N) is 1. The van der Waals surface area contributed by atoms with Gasteiger partial charge in [0.2, 0.25) is 0 Å². The molecule has 7 nitrogen and oxygen atoms in total. The van der Waals surface area contributed by atoms with Crippen molar-refractivity contribution in [3.05, 3.63) is 0 Å². The van der Waals surface area contributed by atoms with Crippen molar-refractivity contribution < 1.29 is 29.2 Å². The van der Waals surface area contributed by atoms with Crippen LogP contribution < -0.4 is 0 Å². The first kappa shape index (κ1) is 34.2. The summed E-state index contributed by atoms with van der Waals surface area (Å²) in [4.78, 5) is 2.49. The van der Waals surface area contributed by atoms with E-state index in [9.17, 15) is 10.2 Å². The number of rotatable bonds is 7. The van der Waals surface area contributed by atoms with Crippen molar-refractivity contribution >= 4 is 0 Å². The van der Waals surface area contributed by atoms with Crippen LogP contribution in [0.2, 0.25) is 0 Å². The molecule has 264 valence electrons. The number of aliphatic hydroxyl groups is 2. The SMILES string of the molecule is CCO[C@@H]([C@H]1C[C@@H](C)[C@H]2[C@H](O1)[C@H](O)[C@@]1(C)[C@@H]3CC[C@H]4C(C)(C)[C@@H](O[C@H]5CN(C(C)C)CCO5)CC[C@@]45C[C@@]35CC[C@]21C)C(C)(C)O. The van der Waals surface area contributed by atoms with E-state index in [1.165, 1.54) is 38.5 Å². The van der Waals surface area contributed by atoms with Crippen LogP contribution in [-0.4, -0.2) is 89.9 Å². The smallest absolute Gasteiger partial charge is 0.170 e. The highest BCUT2D eigenvalue weighted by Crippen LogP contribution is 2.89. The molecular formula is C39H67NO6. The van der Waals surface area contributed by atoms with Gasteiger partial charge in [0.1, 0.15) is 6.10 Å². The van der Waals surface area contributed by atoms with Crippen LogP contribution in [-0.2, 0) is 18.9 Å². The molecule has 5 saturated carbocycles. The molecule has 46 heavy (non-hydrogen) atoms. The first-order chi connectivity index (χ1) is 21.5. The van der Waals surface area contributed by atoms with Gasteiger partial charge in [0, 0.05) is 31.2 Å². The van der Waals surface area contributed by atoms with Gasteiger partial charge in [-0.2, -0.15) is 0 Å². The minimum Gasteiger partial charge on any atom is -0.390 e. The molecule has 7 rings (SSSR count). The first-order valence-corrected chi connectivity index (χ1v) is 19.2. The Morgan fingerprint density at radius 2 is 1.70 bits per heavy atom. The van der Waals surface area contributed by atoms with Crippen LogP contribution >= 0.6 is 0 Å². The lowest BCUT2D eigenvalue weighted by Crippen LogP contribution is -2.60. The molecule has 0 amide bonds. The zero-order valence-corrected chi connectivity index (χ0v) is 30.8. The summed E-state index contributed by atoms with van der Waals surface area (Å²) in [5.41, 5.74) is -0.393. The minimum absolute atomic E-state index is 0.0281. The number of aliphatic hydroxyl groups excluding tert-OH is 1. The summed E-state index contributed by atoms with van der Waals surface area (Å²) in [6, 6.07) is 0.513. The van der Waals surface area contributed by atoms with Crippen molar-refractivity contribution in [2.24, 2.45) is 50.7 Å². The van der Waals surface area contributed by atoms with Crippen molar-refractivity contribution in [3.8, 4) is 0 Å². The van der Waals surface area contributed by atoms with Crippen LogP contribution in [0.25, 0.3) is 0 Å². The molecule has 7 aliphatic rings. The largest absolute Gasteiger partial charge is 0.390 e. The van der Waals surface area contributed by atoms with Gasteiger partial charge in [0.25, 0.3) is 0 Å².